The number of anilines is 1. The Labute approximate surface area is 185 Å². The zero-order chi connectivity index (χ0) is 23.7. The zero-order valence-corrected chi connectivity index (χ0v) is 18.2. The number of carbonyl (C=O) groups excluding carboxylic acids is 4. The van der Waals surface area contributed by atoms with Gasteiger partial charge in [0.2, 0.25) is 0 Å². The number of methoxy groups -OCH3 is 2. The molecule has 0 aromatic heterocycles. The number of hydrazine groups is 1. The normalized spacial score (nSPS) is 12.8. The summed E-state index contributed by atoms with van der Waals surface area (Å²) < 4.78 is 14.6. The van der Waals surface area contributed by atoms with Crippen molar-refractivity contribution in [2.45, 2.75) is 13.8 Å². The van der Waals surface area contributed by atoms with Gasteiger partial charge in [0.1, 0.15) is 5.70 Å². The van der Waals surface area contributed by atoms with Crippen LogP contribution in [0, 0.1) is 5.92 Å². The third-order valence-electron chi connectivity index (χ3n) is 4.12. The fourth-order valence-electron chi connectivity index (χ4n) is 2.68. The first-order chi connectivity index (χ1) is 15.3. The SMILES string of the molecule is COC(=O)C1=C(C(=O)OC)N(c2ccccc2C(=O)NNC(=O)OCC(C)C)C=CC=C1. The maximum atomic E-state index is 12.8. The molecule has 0 spiro atoms. The number of benzene rings is 1. The molecular formula is C22H25N3O7. The van der Waals surface area contributed by atoms with E-state index < -0.39 is 23.9 Å². The Hall–Kier alpha value is -4.08. The van der Waals surface area contributed by atoms with Crippen LogP contribution in [0.2, 0.25) is 0 Å². The third-order valence-corrected chi connectivity index (χ3v) is 4.12. The largest absolute Gasteiger partial charge is 0.465 e. The number of carbonyl (C=O) groups is 4. The number of nitrogens with one attached hydrogen (secondary N) is 2. The number of hydrogen-bond acceptors (Lipinski definition) is 8. The van der Waals surface area contributed by atoms with Gasteiger partial charge in [0.15, 0.2) is 0 Å². The van der Waals surface area contributed by atoms with Crippen molar-refractivity contribution in [1.82, 2.24) is 10.9 Å². The first-order valence-corrected chi connectivity index (χ1v) is 9.67. The summed E-state index contributed by atoms with van der Waals surface area (Å²) in [6.45, 7) is 3.94. The van der Waals surface area contributed by atoms with Gasteiger partial charge in [-0.3, -0.25) is 10.2 Å². The van der Waals surface area contributed by atoms with Crippen molar-refractivity contribution < 1.29 is 33.4 Å². The molecule has 0 saturated heterocycles. The van der Waals surface area contributed by atoms with Gasteiger partial charge in [0.25, 0.3) is 5.91 Å². The maximum absolute atomic E-state index is 12.8. The molecule has 2 rings (SSSR count). The Balaban J connectivity index is 2.40. The number of ether oxygens (including phenoxy) is 3. The van der Waals surface area contributed by atoms with Gasteiger partial charge in [-0.1, -0.05) is 32.1 Å². The molecule has 0 saturated carbocycles. The summed E-state index contributed by atoms with van der Waals surface area (Å²) in [5.74, 6) is -2.11. The number of nitrogens with zero attached hydrogens (tertiary/aromatic N) is 1. The highest BCUT2D eigenvalue weighted by Gasteiger charge is 2.29. The van der Waals surface area contributed by atoms with E-state index in [-0.39, 0.29) is 35.0 Å². The van der Waals surface area contributed by atoms with Crippen LogP contribution in [0.5, 0.6) is 0 Å². The lowest BCUT2D eigenvalue weighted by atomic mass is 10.1. The average molecular weight is 443 g/mol. The van der Waals surface area contributed by atoms with E-state index in [1.165, 1.54) is 37.5 Å². The van der Waals surface area contributed by atoms with E-state index in [0.717, 1.165) is 0 Å². The number of para-hydroxylation sites is 1. The van der Waals surface area contributed by atoms with Gasteiger partial charge in [0, 0.05) is 6.20 Å². The van der Waals surface area contributed by atoms with E-state index in [9.17, 15) is 19.2 Å². The Bertz CT molecular complexity index is 979. The Kier molecular flexibility index (Phi) is 8.58. The van der Waals surface area contributed by atoms with Crippen LogP contribution in [0.3, 0.4) is 0 Å². The van der Waals surface area contributed by atoms with Crippen LogP contribution in [0.25, 0.3) is 0 Å². The topological polar surface area (TPSA) is 123 Å². The summed E-state index contributed by atoms with van der Waals surface area (Å²) >= 11 is 0. The summed E-state index contributed by atoms with van der Waals surface area (Å²) in [7, 11) is 2.36. The predicted molar refractivity (Wildman–Crippen MR) is 115 cm³/mol. The molecule has 2 amide bonds. The minimum absolute atomic E-state index is 0.0602. The molecule has 0 aliphatic carbocycles. The number of allylic oxidation sites excluding steroid dienone is 2. The molecular weight excluding hydrogens is 418 g/mol. The Morgan fingerprint density at radius 1 is 0.969 bits per heavy atom. The van der Waals surface area contributed by atoms with E-state index in [1.54, 1.807) is 30.4 Å². The molecule has 2 N–H and O–H groups in total. The van der Waals surface area contributed by atoms with Crippen molar-refractivity contribution in [2.24, 2.45) is 5.92 Å². The molecule has 10 nitrogen and oxygen atoms in total. The number of hydrogen-bond donors (Lipinski definition) is 2. The van der Waals surface area contributed by atoms with Gasteiger partial charge < -0.3 is 19.1 Å². The van der Waals surface area contributed by atoms with E-state index >= 15 is 0 Å². The van der Waals surface area contributed by atoms with Crippen LogP contribution < -0.4 is 15.8 Å². The molecule has 32 heavy (non-hydrogen) atoms. The highest BCUT2D eigenvalue weighted by molar-refractivity contribution is 6.07. The van der Waals surface area contributed by atoms with Gasteiger partial charge in [-0.15, -0.1) is 0 Å². The molecule has 1 aliphatic rings. The molecule has 0 unspecified atom stereocenters. The van der Waals surface area contributed by atoms with E-state index in [4.69, 9.17) is 14.2 Å². The maximum Gasteiger partial charge on any atom is 0.426 e. The lowest BCUT2D eigenvalue weighted by Gasteiger charge is -2.25. The molecule has 10 heteroatoms. The van der Waals surface area contributed by atoms with E-state index in [2.05, 4.69) is 10.9 Å². The summed E-state index contributed by atoms with van der Waals surface area (Å²) in [4.78, 5) is 50.8. The minimum Gasteiger partial charge on any atom is -0.465 e. The standard InChI is InChI=1S/C22H25N3O7/c1-14(2)13-32-22(29)24-23-19(26)15-9-5-6-11-17(15)25-12-8-7-10-16(20(27)30-3)18(25)21(28)31-4/h5-12,14H,13H2,1-4H3,(H,23,26)(H,24,29). The first kappa shape index (κ1) is 24.2. The van der Waals surface area contributed by atoms with Crippen molar-refractivity contribution >= 4 is 29.6 Å². The summed E-state index contributed by atoms with van der Waals surface area (Å²) in [5.41, 5.74) is 4.59. The molecule has 0 radical (unpaired) electrons. The predicted octanol–water partition coefficient (Wildman–Crippen LogP) is 2.20. The minimum atomic E-state index is -0.813. The Morgan fingerprint density at radius 2 is 1.66 bits per heavy atom. The smallest absolute Gasteiger partial charge is 0.426 e. The van der Waals surface area contributed by atoms with Gasteiger partial charge in [-0.05, 0) is 30.2 Å². The zero-order valence-electron chi connectivity index (χ0n) is 18.2. The van der Waals surface area contributed by atoms with Gasteiger partial charge in [-0.25, -0.2) is 19.8 Å². The average Bonchev–Trinajstić information content (AvgIpc) is 3.03. The second kappa shape index (κ2) is 11.3. The second-order valence-corrected chi connectivity index (χ2v) is 6.90. The van der Waals surface area contributed by atoms with Crippen LogP contribution in [-0.2, 0) is 23.8 Å². The monoisotopic (exact) mass is 443 g/mol. The van der Waals surface area contributed by atoms with Gasteiger partial charge >= 0.3 is 18.0 Å². The van der Waals surface area contributed by atoms with Crippen molar-refractivity contribution in [3.05, 3.63) is 65.5 Å². The second-order valence-electron chi connectivity index (χ2n) is 6.90. The first-order valence-electron chi connectivity index (χ1n) is 9.67. The van der Waals surface area contributed by atoms with Crippen molar-refractivity contribution in [1.29, 1.82) is 0 Å². The lowest BCUT2D eigenvalue weighted by Crippen LogP contribution is -2.42. The molecule has 1 heterocycles. The van der Waals surface area contributed by atoms with E-state index in [1.807, 2.05) is 13.8 Å². The summed E-state index contributed by atoms with van der Waals surface area (Å²) in [5, 5.41) is 0. The van der Waals surface area contributed by atoms with Gasteiger partial charge in [-0.2, -0.15) is 0 Å². The molecule has 170 valence electrons. The van der Waals surface area contributed by atoms with Crippen molar-refractivity contribution in [2.75, 3.05) is 25.7 Å². The van der Waals surface area contributed by atoms with Crippen LogP contribution in [-0.4, -0.2) is 44.8 Å². The fraction of sp³-hybridized carbons (Fsp3) is 0.273. The quantitative estimate of drug-likeness (QED) is 0.390. The summed E-state index contributed by atoms with van der Waals surface area (Å²) in [6, 6.07) is 6.32. The molecule has 1 aliphatic heterocycles. The lowest BCUT2D eigenvalue weighted by molar-refractivity contribution is -0.139. The number of amides is 2. The van der Waals surface area contributed by atoms with Crippen LogP contribution in [0.15, 0.2) is 60.0 Å². The number of esters is 2. The summed E-state index contributed by atoms with van der Waals surface area (Å²) in [6.07, 6.45) is 5.21. The molecule has 0 bridgehead atoms. The third kappa shape index (κ3) is 5.97. The van der Waals surface area contributed by atoms with E-state index in [0.29, 0.717) is 0 Å². The Morgan fingerprint density at radius 3 is 2.31 bits per heavy atom. The highest BCUT2D eigenvalue weighted by atomic mass is 16.6. The van der Waals surface area contributed by atoms with Crippen LogP contribution in [0.4, 0.5) is 10.5 Å². The fourth-order valence-corrected chi connectivity index (χ4v) is 2.68. The van der Waals surface area contributed by atoms with Crippen molar-refractivity contribution in [3.8, 4) is 0 Å². The number of rotatable bonds is 6. The van der Waals surface area contributed by atoms with Crippen LogP contribution >= 0.6 is 0 Å². The van der Waals surface area contributed by atoms with Gasteiger partial charge in [0.05, 0.1) is 37.7 Å². The molecule has 0 atom stereocenters. The highest BCUT2D eigenvalue weighted by Crippen LogP contribution is 2.29. The van der Waals surface area contributed by atoms with Crippen LogP contribution in [0.1, 0.15) is 24.2 Å². The molecule has 1 aromatic carbocycles. The molecule has 1 aromatic rings. The van der Waals surface area contributed by atoms with Crippen molar-refractivity contribution in [3.63, 3.8) is 0 Å². The molecule has 0 fully saturated rings.